The predicted octanol–water partition coefficient (Wildman–Crippen LogP) is 5.37. The van der Waals surface area contributed by atoms with E-state index < -0.39 is 29.7 Å². The van der Waals surface area contributed by atoms with E-state index in [0.29, 0.717) is 27.5 Å². The van der Waals surface area contributed by atoms with Gasteiger partial charge in [-0.2, -0.15) is 5.26 Å². The molecule has 3 aromatic carbocycles. The van der Waals surface area contributed by atoms with Gasteiger partial charge in [-0.05, 0) is 80.3 Å². The lowest BCUT2D eigenvalue weighted by Gasteiger charge is -2.63. The van der Waals surface area contributed by atoms with Gasteiger partial charge in [-0.25, -0.2) is 0 Å². The van der Waals surface area contributed by atoms with Crippen molar-refractivity contribution in [2.45, 2.75) is 78.0 Å². The summed E-state index contributed by atoms with van der Waals surface area (Å²) in [4.78, 5) is 69.4. The highest BCUT2D eigenvalue weighted by molar-refractivity contribution is 6.31. The van der Waals surface area contributed by atoms with Gasteiger partial charge in [-0.3, -0.25) is 39.1 Å². The van der Waals surface area contributed by atoms with Gasteiger partial charge >= 0.3 is 0 Å². The second-order valence-electron chi connectivity index (χ2n) is 16.5. The van der Waals surface area contributed by atoms with Crippen molar-refractivity contribution in [1.29, 1.82) is 5.26 Å². The smallest absolute Gasteiger partial charge is 0.262 e. The molecule has 2 saturated heterocycles. The number of hydrogen-bond acceptors (Lipinski definition) is 9. The number of benzene rings is 3. The monoisotopic (exact) mass is 778 g/mol. The zero-order valence-corrected chi connectivity index (χ0v) is 32.9. The molecule has 3 aliphatic heterocycles. The standard InChI is InChI=1S/C43H47ClN6O6/c1-42(2)40(43(3,4)41(42)56-30-14-12-28(25-45)33(44)24-30)47-36(52)27-10-8-26(9-11-27)7-5-6-18-48-19-21-49(22-20-48)29-13-15-31-32(23-29)39(55)50(38(31)54)34-16-17-35(51)46-37(34)53/h8-15,23-24,34,40-41H,5-7,16-22H2,1-4H3,(H,47,52)(H,46,51,53). The second-order valence-corrected chi connectivity index (χ2v) is 16.9. The number of carbonyl (C=O) groups is 5. The fourth-order valence-electron chi connectivity index (χ4n) is 9.18. The zero-order valence-electron chi connectivity index (χ0n) is 32.2. The number of piperidine rings is 1. The Labute approximate surface area is 332 Å². The Morgan fingerprint density at radius 2 is 1.61 bits per heavy atom. The molecule has 4 aliphatic rings. The fourth-order valence-corrected chi connectivity index (χ4v) is 9.40. The quantitative estimate of drug-likeness (QED) is 0.193. The van der Waals surface area contributed by atoms with E-state index in [0.717, 1.165) is 62.6 Å². The van der Waals surface area contributed by atoms with Gasteiger partial charge in [-0.15, -0.1) is 0 Å². The number of fused-ring (bicyclic) bond motifs is 1. The number of carbonyl (C=O) groups excluding carboxylic acids is 5. The van der Waals surface area contributed by atoms with Gasteiger partial charge in [0.1, 0.15) is 24.0 Å². The molecule has 1 aliphatic carbocycles. The lowest BCUT2D eigenvalue weighted by molar-refractivity contribution is -0.164. The van der Waals surface area contributed by atoms with Crippen molar-refractivity contribution in [3.8, 4) is 11.8 Å². The molecule has 0 spiro atoms. The number of unbranched alkanes of at least 4 members (excludes halogenated alkanes) is 1. The van der Waals surface area contributed by atoms with E-state index in [2.05, 4.69) is 54.2 Å². The van der Waals surface area contributed by atoms with Crippen molar-refractivity contribution in [3.63, 3.8) is 0 Å². The third-order valence-electron chi connectivity index (χ3n) is 12.0. The van der Waals surface area contributed by atoms with Crippen LogP contribution in [0.3, 0.4) is 0 Å². The summed E-state index contributed by atoms with van der Waals surface area (Å²) in [5.74, 6) is -1.52. The number of piperazine rings is 1. The first kappa shape index (κ1) is 39.0. The number of nitrogens with one attached hydrogen (secondary N) is 2. The lowest BCUT2D eigenvalue weighted by atomic mass is 9.49. The van der Waals surface area contributed by atoms with Crippen LogP contribution in [0.4, 0.5) is 5.69 Å². The minimum atomic E-state index is -0.976. The van der Waals surface area contributed by atoms with E-state index in [1.807, 2.05) is 30.3 Å². The number of amides is 5. The molecule has 0 aromatic heterocycles. The van der Waals surface area contributed by atoms with E-state index in [9.17, 15) is 29.2 Å². The Bertz CT molecular complexity index is 2100. The van der Waals surface area contributed by atoms with Gasteiger partial charge in [0.2, 0.25) is 11.8 Å². The molecule has 0 bridgehead atoms. The highest BCUT2D eigenvalue weighted by Gasteiger charge is 2.64. The lowest BCUT2D eigenvalue weighted by Crippen LogP contribution is -2.74. The van der Waals surface area contributed by atoms with Crippen molar-refractivity contribution in [1.82, 2.24) is 20.4 Å². The highest BCUT2D eigenvalue weighted by Crippen LogP contribution is 2.55. The number of ether oxygens (including phenoxy) is 1. The van der Waals surface area contributed by atoms with Gasteiger partial charge in [0.15, 0.2) is 0 Å². The van der Waals surface area contributed by atoms with Crippen molar-refractivity contribution in [2.75, 3.05) is 37.6 Å². The molecule has 2 N–H and O–H groups in total. The summed E-state index contributed by atoms with van der Waals surface area (Å²) in [6.45, 7) is 12.7. The summed E-state index contributed by atoms with van der Waals surface area (Å²) in [7, 11) is 0. The molecule has 12 nitrogen and oxygen atoms in total. The zero-order chi connectivity index (χ0) is 39.9. The number of hydrogen-bond donors (Lipinski definition) is 2. The van der Waals surface area contributed by atoms with Crippen molar-refractivity contribution < 1.29 is 28.7 Å². The second kappa shape index (κ2) is 15.4. The molecule has 292 valence electrons. The van der Waals surface area contributed by atoms with Crippen LogP contribution >= 0.6 is 11.6 Å². The fraction of sp³-hybridized carbons (Fsp3) is 0.442. The third-order valence-corrected chi connectivity index (χ3v) is 12.3. The van der Waals surface area contributed by atoms with Crippen molar-refractivity contribution in [2.24, 2.45) is 10.8 Å². The Morgan fingerprint density at radius 1 is 0.911 bits per heavy atom. The molecule has 56 heavy (non-hydrogen) atoms. The summed E-state index contributed by atoms with van der Waals surface area (Å²) in [6, 6.07) is 19.2. The number of nitrogens with zero attached hydrogens (tertiary/aromatic N) is 4. The van der Waals surface area contributed by atoms with Crippen LogP contribution in [0.1, 0.15) is 95.6 Å². The summed E-state index contributed by atoms with van der Waals surface area (Å²) in [6.07, 6.45) is 3.02. The largest absolute Gasteiger partial charge is 0.489 e. The van der Waals surface area contributed by atoms with Gasteiger partial charge in [-0.1, -0.05) is 51.4 Å². The number of aryl methyl sites for hydroxylation is 1. The molecular formula is C43H47ClN6O6. The summed E-state index contributed by atoms with van der Waals surface area (Å²) >= 11 is 6.23. The number of imide groups is 2. The van der Waals surface area contributed by atoms with Crippen LogP contribution in [0.25, 0.3) is 0 Å². The highest BCUT2D eigenvalue weighted by atomic mass is 35.5. The van der Waals surface area contributed by atoms with Crippen LogP contribution in [0.2, 0.25) is 5.02 Å². The predicted molar refractivity (Wildman–Crippen MR) is 211 cm³/mol. The molecule has 3 fully saturated rings. The van der Waals surface area contributed by atoms with Crippen LogP contribution in [0, 0.1) is 22.2 Å². The first-order chi connectivity index (χ1) is 26.7. The number of rotatable bonds is 11. The van der Waals surface area contributed by atoms with E-state index >= 15 is 0 Å². The molecule has 0 radical (unpaired) electrons. The molecule has 1 atom stereocenters. The van der Waals surface area contributed by atoms with Crippen LogP contribution in [-0.4, -0.2) is 90.2 Å². The third kappa shape index (κ3) is 7.38. The molecule has 7 rings (SSSR count). The van der Waals surface area contributed by atoms with E-state index in [1.165, 1.54) is 5.56 Å². The minimum Gasteiger partial charge on any atom is -0.489 e. The number of halogens is 1. The molecular weight excluding hydrogens is 732 g/mol. The van der Waals surface area contributed by atoms with E-state index in [4.69, 9.17) is 16.3 Å². The average molecular weight is 779 g/mol. The van der Waals surface area contributed by atoms with Gasteiger partial charge in [0, 0.05) is 66.8 Å². The maximum absolute atomic E-state index is 13.4. The Morgan fingerprint density at radius 3 is 2.27 bits per heavy atom. The first-order valence-corrected chi connectivity index (χ1v) is 19.7. The van der Waals surface area contributed by atoms with Crippen LogP contribution < -0.4 is 20.3 Å². The first-order valence-electron chi connectivity index (χ1n) is 19.3. The molecule has 3 aromatic rings. The molecule has 5 amide bonds. The Kier molecular flexibility index (Phi) is 10.7. The molecule has 13 heteroatoms. The topological polar surface area (TPSA) is 152 Å². The maximum atomic E-state index is 13.4. The Balaban J connectivity index is 0.841. The molecule has 3 heterocycles. The van der Waals surface area contributed by atoms with Gasteiger partial charge in [0.05, 0.1) is 21.7 Å². The summed E-state index contributed by atoms with van der Waals surface area (Å²) in [5.41, 5.74) is 2.96. The van der Waals surface area contributed by atoms with Crippen molar-refractivity contribution in [3.05, 3.63) is 93.5 Å². The van der Waals surface area contributed by atoms with Crippen LogP contribution in [0.15, 0.2) is 60.7 Å². The van der Waals surface area contributed by atoms with Gasteiger partial charge < -0.3 is 15.0 Å². The van der Waals surface area contributed by atoms with E-state index in [1.54, 1.807) is 30.3 Å². The van der Waals surface area contributed by atoms with Crippen molar-refractivity contribution >= 4 is 46.8 Å². The average Bonchev–Trinajstić information content (AvgIpc) is 3.42. The van der Waals surface area contributed by atoms with Gasteiger partial charge in [0.25, 0.3) is 17.7 Å². The number of anilines is 1. The summed E-state index contributed by atoms with van der Waals surface area (Å²) in [5, 5.41) is 15.0. The minimum absolute atomic E-state index is 0.0882. The normalized spacial score (nSPS) is 22.9. The molecule has 1 saturated carbocycles. The van der Waals surface area contributed by atoms with Crippen LogP contribution in [0.5, 0.6) is 5.75 Å². The Hall–Kier alpha value is -5.25. The number of nitriles is 1. The molecule has 1 unspecified atom stereocenters. The van der Waals surface area contributed by atoms with E-state index in [-0.39, 0.29) is 47.3 Å². The van der Waals surface area contributed by atoms with Crippen LogP contribution in [-0.2, 0) is 16.0 Å². The maximum Gasteiger partial charge on any atom is 0.262 e. The summed E-state index contributed by atoms with van der Waals surface area (Å²) < 4.78 is 6.36. The SMILES string of the molecule is CC1(C)C(NC(=O)c2ccc(CCCCN3CCN(c4ccc5c(c4)C(=O)N(C4CCC(=O)NC4=O)C5=O)CC3)cc2)C(C)(C)C1Oc1ccc(C#N)c(Cl)c1.